The first-order chi connectivity index (χ1) is 9.55. The first kappa shape index (κ1) is 19.8. The second kappa shape index (κ2) is 11.5. The molecule has 0 saturated carbocycles. The summed E-state index contributed by atoms with van der Waals surface area (Å²) in [6, 6.07) is 0.356. The zero-order valence-corrected chi connectivity index (χ0v) is 14.3. The van der Waals surface area contributed by atoms with Gasteiger partial charge in [0.05, 0.1) is 13.2 Å². The van der Waals surface area contributed by atoms with Gasteiger partial charge in [-0.15, -0.1) is 0 Å². The molecule has 0 bridgehead atoms. The second-order valence-corrected chi connectivity index (χ2v) is 6.00. The van der Waals surface area contributed by atoms with Crippen molar-refractivity contribution in [3.63, 3.8) is 0 Å². The van der Waals surface area contributed by atoms with Gasteiger partial charge in [-0.2, -0.15) is 0 Å². The summed E-state index contributed by atoms with van der Waals surface area (Å²) < 4.78 is 10.6. The van der Waals surface area contributed by atoms with Crippen molar-refractivity contribution in [3.05, 3.63) is 0 Å². The molecule has 0 radical (unpaired) electrons. The van der Waals surface area contributed by atoms with Crippen LogP contribution in [0.25, 0.3) is 0 Å². The minimum Gasteiger partial charge on any atom is -0.383 e. The van der Waals surface area contributed by atoms with Crippen LogP contribution in [-0.2, 0) is 9.47 Å². The maximum atomic E-state index is 6.11. The Balaban J connectivity index is 4.65. The van der Waals surface area contributed by atoms with E-state index in [0.717, 1.165) is 26.2 Å². The lowest BCUT2D eigenvalue weighted by Gasteiger charge is -2.44. The summed E-state index contributed by atoms with van der Waals surface area (Å²) in [6.07, 6.45) is 6.26. The molecule has 0 aromatic carbocycles. The quantitative estimate of drug-likeness (QED) is 0.529. The molecule has 0 aliphatic carbocycles. The van der Waals surface area contributed by atoms with E-state index in [0.29, 0.717) is 12.6 Å². The van der Waals surface area contributed by atoms with Crippen molar-refractivity contribution in [1.29, 1.82) is 0 Å². The van der Waals surface area contributed by atoms with Gasteiger partial charge in [0, 0.05) is 38.9 Å². The van der Waals surface area contributed by atoms with Gasteiger partial charge in [-0.05, 0) is 20.3 Å². The smallest absolute Gasteiger partial charge is 0.0615 e. The zero-order chi connectivity index (χ0) is 15.4. The van der Waals surface area contributed by atoms with Gasteiger partial charge in [0.25, 0.3) is 0 Å². The monoisotopic (exact) mass is 288 g/mol. The van der Waals surface area contributed by atoms with Gasteiger partial charge in [0.2, 0.25) is 0 Å². The third-order valence-corrected chi connectivity index (χ3v) is 4.18. The molecule has 2 N–H and O–H groups in total. The van der Waals surface area contributed by atoms with Gasteiger partial charge in [0.1, 0.15) is 0 Å². The molecule has 0 aliphatic heterocycles. The van der Waals surface area contributed by atoms with Crippen LogP contribution >= 0.6 is 0 Å². The summed E-state index contributed by atoms with van der Waals surface area (Å²) in [6.45, 7) is 9.78. The molecule has 2 atom stereocenters. The minimum atomic E-state index is 0.0320. The Hall–Kier alpha value is -0.160. The van der Waals surface area contributed by atoms with E-state index in [9.17, 15) is 0 Å². The van der Waals surface area contributed by atoms with E-state index in [1.54, 1.807) is 14.2 Å². The van der Waals surface area contributed by atoms with E-state index in [4.69, 9.17) is 15.2 Å². The highest BCUT2D eigenvalue weighted by Crippen LogP contribution is 2.24. The van der Waals surface area contributed by atoms with Gasteiger partial charge in [-0.1, -0.05) is 32.6 Å². The Morgan fingerprint density at radius 3 is 2.35 bits per heavy atom. The Morgan fingerprint density at radius 1 is 1.15 bits per heavy atom. The van der Waals surface area contributed by atoms with Crippen LogP contribution in [-0.4, -0.2) is 57.0 Å². The van der Waals surface area contributed by atoms with Crippen LogP contribution in [0.2, 0.25) is 0 Å². The van der Waals surface area contributed by atoms with Crippen molar-refractivity contribution in [2.24, 2.45) is 5.73 Å². The topological polar surface area (TPSA) is 47.7 Å². The fraction of sp³-hybridized carbons (Fsp3) is 1.00. The minimum absolute atomic E-state index is 0.0320. The van der Waals surface area contributed by atoms with Gasteiger partial charge >= 0.3 is 0 Å². The molecule has 0 rings (SSSR count). The van der Waals surface area contributed by atoms with Crippen molar-refractivity contribution in [2.75, 3.05) is 40.5 Å². The summed E-state index contributed by atoms with van der Waals surface area (Å²) in [4.78, 5) is 2.46. The molecule has 0 aromatic rings. The normalized spacial score (nSPS) is 16.4. The Kier molecular flexibility index (Phi) is 11.4. The van der Waals surface area contributed by atoms with E-state index in [2.05, 4.69) is 25.7 Å². The summed E-state index contributed by atoms with van der Waals surface area (Å²) >= 11 is 0. The highest BCUT2D eigenvalue weighted by atomic mass is 16.5. The number of methoxy groups -OCH3 is 2. The number of nitrogens with two attached hydrogens (primary N) is 1. The van der Waals surface area contributed by atoms with E-state index < -0.39 is 0 Å². The van der Waals surface area contributed by atoms with E-state index >= 15 is 0 Å². The lowest BCUT2D eigenvalue weighted by Crippen LogP contribution is -2.57. The Bertz CT molecular complexity index is 227. The SMILES string of the molecule is CCCCCCC(C)(CN)N(CCOC)C(C)COC. The molecule has 20 heavy (non-hydrogen) atoms. The van der Waals surface area contributed by atoms with Gasteiger partial charge < -0.3 is 15.2 Å². The van der Waals surface area contributed by atoms with E-state index in [1.165, 1.54) is 25.7 Å². The summed E-state index contributed by atoms with van der Waals surface area (Å²) in [7, 11) is 3.51. The molecule has 0 aromatic heterocycles. The molecule has 0 amide bonds. The summed E-state index contributed by atoms with van der Waals surface area (Å²) in [5.41, 5.74) is 6.14. The predicted octanol–water partition coefficient (Wildman–Crippen LogP) is 2.66. The predicted molar refractivity (Wildman–Crippen MR) is 86.1 cm³/mol. The zero-order valence-electron chi connectivity index (χ0n) is 14.3. The van der Waals surface area contributed by atoms with Crippen LogP contribution in [0.15, 0.2) is 0 Å². The van der Waals surface area contributed by atoms with Gasteiger partial charge in [0.15, 0.2) is 0 Å². The number of ether oxygens (including phenoxy) is 2. The molecule has 0 saturated heterocycles. The molecule has 4 nitrogen and oxygen atoms in total. The van der Waals surface area contributed by atoms with Crippen LogP contribution in [0.4, 0.5) is 0 Å². The molecule has 0 fully saturated rings. The average Bonchev–Trinajstić information content (AvgIpc) is 2.44. The van der Waals surface area contributed by atoms with Crippen molar-refractivity contribution in [2.45, 2.75) is 64.5 Å². The van der Waals surface area contributed by atoms with E-state index in [-0.39, 0.29) is 5.54 Å². The first-order valence-corrected chi connectivity index (χ1v) is 8.00. The molecule has 4 heteroatoms. The highest BCUT2D eigenvalue weighted by Gasteiger charge is 2.32. The molecule has 0 aliphatic rings. The molecule has 0 spiro atoms. The highest BCUT2D eigenvalue weighted by molar-refractivity contribution is 4.90. The fourth-order valence-electron chi connectivity index (χ4n) is 2.84. The van der Waals surface area contributed by atoms with Crippen molar-refractivity contribution in [3.8, 4) is 0 Å². The number of nitrogens with zero attached hydrogens (tertiary/aromatic N) is 1. The van der Waals surface area contributed by atoms with Crippen LogP contribution in [0.3, 0.4) is 0 Å². The van der Waals surface area contributed by atoms with Crippen molar-refractivity contribution in [1.82, 2.24) is 4.90 Å². The van der Waals surface area contributed by atoms with Crippen LogP contribution in [0.5, 0.6) is 0 Å². The Labute approximate surface area is 126 Å². The largest absolute Gasteiger partial charge is 0.383 e. The number of hydrogen-bond donors (Lipinski definition) is 1. The third-order valence-electron chi connectivity index (χ3n) is 4.18. The van der Waals surface area contributed by atoms with Crippen LogP contribution in [0.1, 0.15) is 52.9 Å². The molecular formula is C16H36N2O2. The van der Waals surface area contributed by atoms with Gasteiger partial charge in [-0.25, -0.2) is 0 Å². The van der Waals surface area contributed by atoms with Crippen LogP contribution in [0, 0.1) is 0 Å². The summed E-state index contributed by atoms with van der Waals surface area (Å²) in [5.74, 6) is 0. The van der Waals surface area contributed by atoms with Crippen molar-refractivity contribution >= 4 is 0 Å². The molecule has 122 valence electrons. The van der Waals surface area contributed by atoms with Crippen molar-refractivity contribution < 1.29 is 9.47 Å². The number of hydrogen-bond acceptors (Lipinski definition) is 4. The standard InChI is InChI=1S/C16H36N2O2/c1-6-7-8-9-10-16(3,14-17)18(11-12-19-4)15(2)13-20-5/h15H,6-14,17H2,1-5H3. The average molecular weight is 288 g/mol. The number of unbranched alkanes of at least 4 members (excludes halogenated alkanes) is 3. The first-order valence-electron chi connectivity index (χ1n) is 8.00. The Morgan fingerprint density at radius 2 is 1.85 bits per heavy atom. The van der Waals surface area contributed by atoms with Gasteiger partial charge in [-0.3, -0.25) is 4.90 Å². The molecular weight excluding hydrogens is 252 g/mol. The summed E-state index contributed by atoms with van der Waals surface area (Å²) in [5, 5.41) is 0. The molecule has 0 heterocycles. The lowest BCUT2D eigenvalue weighted by molar-refractivity contribution is 0.00257. The maximum absolute atomic E-state index is 6.11. The second-order valence-electron chi connectivity index (χ2n) is 6.00. The van der Waals surface area contributed by atoms with E-state index in [1.807, 2.05) is 0 Å². The molecule has 2 unspecified atom stereocenters. The third kappa shape index (κ3) is 7.02. The maximum Gasteiger partial charge on any atom is 0.0615 e. The lowest BCUT2D eigenvalue weighted by atomic mass is 9.90. The number of rotatable bonds is 13. The van der Waals surface area contributed by atoms with Crippen LogP contribution < -0.4 is 5.73 Å². The fourth-order valence-corrected chi connectivity index (χ4v) is 2.84.